The molecule has 1 saturated heterocycles. The fourth-order valence-electron chi connectivity index (χ4n) is 4.16. The Morgan fingerprint density at radius 2 is 1.69 bits per heavy atom. The Hall–Kier alpha value is -4.13. The molecule has 2 N–H and O–H groups in total. The molecule has 35 heavy (non-hydrogen) atoms. The van der Waals surface area contributed by atoms with Crippen molar-refractivity contribution in [2.45, 2.75) is 39.0 Å². The van der Waals surface area contributed by atoms with Gasteiger partial charge in [-0.05, 0) is 42.7 Å². The van der Waals surface area contributed by atoms with Crippen LogP contribution in [0.2, 0.25) is 0 Å². The molecule has 0 unspecified atom stereocenters. The summed E-state index contributed by atoms with van der Waals surface area (Å²) in [6.45, 7) is 4.51. The fraction of sp³-hybridized carbons (Fsp3) is 0.250. The zero-order valence-corrected chi connectivity index (χ0v) is 19.9. The Bertz CT molecular complexity index is 1190. The Morgan fingerprint density at radius 3 is 2.40 bits per heavy atom. The molecule has 0 spiro atoms. The Balaban J connectivity index is 1.55. The van der Waals surface area contributed by atoms with Gasteiger partial charge in [0.15, 0.2) is 12.1 Å². The van der Waals surface area contributed by atoms with E-state index in [0.29, 0.717) is 17.8 Å². The van der Waals surface area contributed by atoms with E-state index in [4.69, 9.17) is 4.74 Å². The van der Waals surface area contributed by atoms with Crippen LogP contribution in [-0.4, -0.2) is 35.4 Å². The van der Waals surface area contributed by atoms with Gasteiger partial charge in [-0.3, -0.25) is 14.5 Å². The van der Waals surface area contributed by atoms with Crippen molar-refractivity contribution in [1.29, 1.82) is 0 Å². The van der Waals surface area contributed by atoms with E-state index in [-0.39, 0.29) is 24.8 Å². The van der Waals surface area contributed by atoms with Crippen molar-refractivity contribution in [2.75, 3.05) is 11.9 Å². The topological polar surface area (TPSA) is 87.7 Å². The van der Waals surface area contributed by atoms with Gasteiger partial charge in [0.1, 0.15) is 0 Å². The number of carbonyl (C=O) groups excluding carboxylic acids is 3. The summed E-state index contributed by atoms with van der Waals surface area (Å²) < 4.78 is 5.71. The van der Waals surface area contributed by atoms with Crippen LogP contribution in [0.3, 0.4) is 0 Å². The lowest BCUT2D eigenvalue weighted by molar-refractivity contribution is -0.126. The zero-order valence-electron chi connectivity index (χ0n) is 19.9. The van der Waals surface area contributed by atoms with Crippen LogP contribution in [0.5, 0.6) is 0 Å². The van der Waals surface area contributed by atoms with Crippen LogP contribution in [0.15, 0.2) is 78.9 Å². The Morgan fingerprint density at radius 1 is 0.943 bits per heavy atom. The maximum absolute atomic E-state index is 13.0. The van der Waals surface area contributed by atoms with E-state index < -0.39 is 18.2 Å². The van der Waals surface area contributed by atoms with Gasteiger partial charge in [0, 0.05) is 12.2 Å². The average Bonchev–Trinajstić information content (AvgIpc) is 3.17. The average molecular weight is 472 g/mol. The number of ether oxygens (including phenoxy) is 1. The van der Waals surface area contributed by atoms with E-state index in [1.807, 2.05) is 68.4 Å². The molecule has 7 nitrogen and oxygen atoms in total. The van der Waals surface area contributed by atoms with Crippen LogP contribution in [0.4, 0.5) is 10.5 Å². The molecular formula is C28H29N3O4. The molecule has 2 atom stereocenters. The van der Waals surface area contributed by atoms with Gasteiger partial charge in [0.2, 0.25) is 11.8 Å². The number of benzene rings is 3. The van der Waals surface area contributed by atoms with Crippen LogP contribution in [0.1, 0.15) is 35.3 Å². The summed E-state index contributed by atoms with van der Waals surface area (Å²) in [4.78, 5) is 39.9. The molecular weight excluding hydrogens is 442 g/mol. The SMILES string of the molecule is CCNC(=O)[C@@H]1[C@H](c2cccc(NC(=O)Cc3ccccc3)c2)OC(=O)N1Cc1ccc(C)cc1. The van der Waals surface area contributed by atoms with Crippen LogP contribution in [-0.2, 0) is 27.3 Å². The number of aryl methyl sites for hydroxylation is 1. The molecule has 4 rings (SSSR count). The van der Waals surface area contributed by atoms with Crippen molar-refractivity contribution in [3.63, 3.8) is 0 Å². The minimum atomic E-state index is -0.834. The van der Waals surface area contributed by atoms with Crippen molar-refractivity contribution in [2.24, 2.45) is 0 Å². The highest BCUT2D eigenvalue weighted by molar-refractivity contribution is 5.92. The molecule has 1 heterocycles. The van der Waals surface area contributed by atoms with E-state index in [1.54, 1.807) is 24.3 Å². The normalized spacial score (nSPS) is 17.1. The van der Waals surface area contributed by atoms with Gasteiger partial charge in [-0.15, -0.1) is 0 Å². The van der Waals surface area contributed by atoms with E-state index >= 15 is 0 Å². The molecule has 3 aromatic carbocycles. The van der Waals surface area contributed by atoms with Crippen molar-refractivity contribution in [1.82, 2.24) is 10.2 Å². The number of amides is 3. The lowest BCUT2D eigenvalue weighted by Gasteiger charge is -2.24. The van der Waals surface area contributed by atoms with Crippen molar-refractivity contribution in [3.8, 4) is 0 Å². The number of nitrogens with one attached hydrogen (secondary N) is 2. The maximum atomic E-state index is 13.0. The molecule has 0 bridgehead atoms. The molecule has 1 aliphatic rings. The predicted molar refractivity (Wildman–Crippen MR) is 134 cm³/mol. The number of carbonyl (C=O) groups is 3. The summed E-state index contributed by atoms with van der Waals surface area (Å²) in [7, 11) is 0. The third-order valence-electron chi connectivity index (χ3n) is 5.88. The maximum Gasteiger partial charge on any atom is 0.411 e. The number of hydrogen-bond acceptors (Lipinski definition) is 4. The van der Waals surface area contributed by atoms with E-state index in [1.165, 1.54) is 4.90 Å². The summed E-state index contributed by atoms with van der Waals surface area (Å²) in [5.41, 5.74) is 4.14. The number of hydrogen-bond donors (Lipinski definition) is 2. The van der Waals surface area contributed by atoms with E-state index in [9.17, 15) is 14.4 Å². The molecule has 0 aromatic heterocycles. The molecule has 3 amide bonds. The first-order valence-electron chi connectivity index (χ1n) is 11.7. The first-order chi connectivity index (χ1) is 16.9. The number of anilines is 1. The second-order valence-electron chi connectivity index (χ2n) is 8.59. The molecule has 1 fully saturated rings. The largest absolute Gasteiger partial charge is 0.438 e. The third kappa shape index (κ3) is 5.87. The van der Waals surface area contributed by atoms with E-state index in [0.717, 1.165) is 16.7 Å². The molecule has 1 aliphatic heterocycles. The quantitative estimate of drug-likeness (QED) is 0.511. The lowest BCUT2D eigenvalue weighted by Crippen LogP contribution is -2.46. The van der Waals surface area contributed by atoms with Gasteiger partial charge in [-0.1, -0.05) is 72.3 Å². The van der Waals surface area contributed by atoms with Gasteiger partial charge < -0.3 is 15.4 Å². The fourth-order valence-corrected chi connectivity index (χ4v) is 4.16. The molecule has 0 saturated carbocycles. The molecule has 0 radical (unpaired) electrons. The minimum Gasteiger partial charge on any atom is -0.438 e. The Kier molecular flexibility index (Phi) is 7.45. The number of cyclic esters (lactones) is 1. The van der Waals surface area contributed by atoms with Crippen LogP contribution in [0.25, 0.3) is 0 Å². The van der Waals surface area contributed by atoms with Crippen LogP contribution >= 0.6 is 0 Å². The van der Waals surface area contributed by atoms with Crippen LogP contribution in [0, 0.1) is 6.92 Å². The number of nitrogens with zero attached hydrogens (tertiary/aromatic N) is 1. The summed E-state index contributed by atoms with van der Waals surface area (Å²) in [5, 5.41) is 5.72. The molecule has 180 valence electrons. The molecule has 3 aromatic rings. The van der Waals surface area contributed by atoms with Crippen molar-refractivity contribution >= 4 is 23.6 Å². The summed E-state index contributed by atoms with van der Waals surface area (Å²) in [6, 6.07) is 23.6. The summed E-state index contributed by atoms with van der Waals surface area (Å²) in [5.74, 6) is -0.438. The summed E-state index contributed by atoms with van der Waals surface area (Å²) >= 11 is 0. The van der Waals surface area contributed by atoms with Gasteiger partial charge >= 0.3 is 6.09 Å². The Labute approximate surface area is 205 Å². The first-order valence-corrected chi connectivity index (χ1v) is 11.7. The minimum absolute atomic E-state index is 0.155. The second kappa shape index (κ2) is 10.9. The monoisotopic (exact) mass is 471 g/mol. The summed E-state index contributed by atoms with van der Waals surface area (Å²) in [6.07, 6.45) is -1.11. The highest BCUT2D eigenvalue weighted by atomic mass is 16.6. The van der Waals surface area contributed by atoms with Crippen molar-refractivity contribution in [3.05, 3.63) is 101 Å². The first kappa shape index (κ1) is 24.0. The standard InChI is InChI=1S/C28H29N3O4/c1-3-29-27(33)25-26(35-28(34)31(25)18-21-14-12-19(2)13-15-21)22-10-7-11-23(17-22)30-24(32)16-20-8-5-4-6-9-20/h4-15,17,25-26H,3,16,18H2,1-2H3,(H,29,33)(H,30,32)/t25-,26-/m0/s1. The smallest absolute Gasteiger partial charge is 0.411 e. The van der Waals surface area contributed by atoms with Gasteiger partial charge in [0.05, 0.1) is 13.0 Å². The van der Waals surface area contributed by atoms with Gasteiger partial charge in [-0.25, -0.2) is 4.79 Å². The van der Waals surface area contributed by atoms with Crippen molar-refractivity contribution < 1.29 is 19.1 Å². The second-order valence-corrected chi connectivity index (χ2v) is 8.59. The zero-order chi connectivity index (χ0) is 24.8. The lowest BCUT2D eigenvalue weighted by atomic mass is 10.00. The van der Waals surface area contributed by atoms with Gasteiger partial charge in [0.25, 0.3) is 0 Å². The highest BCUT2D eigenvalue weighted by Crippen LogP contribution is 2.35. The molecule has 0 aliphatic carbocycles. The number of rotatable bonds is 8. The van der Waals surface area contributed by atoms with Gasteiger partial charge in [-0.2, -0.15) is 0 Å². The predicted octanol–water partition coefficient (Wildman–Crippen LogP) is 4.37. The molecule has 7 heteroatoms. The highest BCUT2D eigenvalue weighted by Gasteiger charge is 2.46. The van der Waals surface area contributed by atoms with E-state index in [2.05, 4.69) is 10.6 Å². The van der Waals surface area contributed by atoms with Crippen LogP contribution < -0.4 is 10.6 Å². The number of likely N-dealkylation sites (N-methyl/N-ethyl adjacent to an activating group) is 1. The third-order valence-corrected chi connectivity index (χ3v) is 5.88.